The standard InChI is InChI=1S/C25H27N3O3/c29-24(26-14-13-23-12-6-16-31-23)20-8-4-7-19(17-20)21-9-5-15-28(18-21)25(30)27-22-10-2-1-3-11-22/h1-4,6-8,10-12,16-17,21H,5,9,13-15,18H2,(H,26,29)(H,27,30)/t21-/m0/s1. The van der Waals surface area contributed by atoms with E-state index in [0.717, 1.165) is 36.4 Å². The molecule has 2 heterocycles. The Morgan fingerprint density at radius 1 is 1.03 bits per heavy atom. The number of hydrogen-bond donors (Lipinski definition) is 2. The summed E-state index contributed by atoms with van der Waals surface area (Å²) in [4.78, 5) is 27.1. The van der Waals surface area contributed by atoms with Gasteiger partial charge in [-0.3, -0.25) is 4.79 Å². The zero-order valence-corrected chi connectivity index (χ0v) is 17.4. The van der Waals surface area contributed by atoms with Crippen LogP contribution in [0.1, 0.15) is 40.4 Å². The third-order valence-electron chi connectivity index (χ3n) is 5.59. The van der Waals surface area contributed by atoms with E-state index in [1.807, 2.05) is 71.6 Å². The van der Waals surface area contributed by atoms with Gasteiger partial charge < -0.3 is 20.0 Å². The zero-order chi connectivity index (χ0) is 21.5. The Morgan fingerprint density at radius 3 is 2.71 bits per heavy atom. The van der Waals surface area contributed by atoms with Gasteiger partial charge in [0.15, 0.2) is 0 Å². The van der Waals surface area contributed by atoms with Gasteiger partial charge in [-0.2, -0.15) is 0 Å². The Morgan fingerprint density at radius 2 is 1.90 bits per heavy atom. The van der Waals surface area contributed by atoms with Crippen molar-refractivity contribution in [3.8, 4) is 0 Å². The van der Waals surface area contributed by atoms with Gasteiger partial charge in [-0.15, -0.1) is 0 Å². The first-order valence-corrected chi connectivity index (χ1v) is 10.7. The van der Waals surface area contributed by atoms with Gasteiger partial charge in [0.05, 0.1) is 6.26 Å². The number of anilines is 1. The Balaban J connectivity index is 1.35. The summed E-state index contributed by atoms with van der Waals surface area (Å²) in [6, 6.07) is 20.9. The zero-order valence-electron chi connectivity index (χ0n) is 17.4. The fourth-order valence-corrected chi connectivity index (χ4v) is 3.95. The maximum Gasteiger partial charge on any atom is 0.321 e. The van der Waals surface area contributed by atoms with Crippen LogP contribution in [0.15, 0.2) is 77.4 Å². The predicted molar refractivity (Wildman–Crippen MR) is 120 cm³/mol. The molecule has 0 spiro atoms. The molecule has 160 valence electrons. The van der Waals surface area contributed by atoms with Gasteiger partial charge in [0, 0.05) is 43.2 Å². The molecule has 2 N–H and O–H groups in total. The first kappa shape index (κ1) is 20.7. The second-order valence-corrected chi connectivity index (χ2v) is 7.79. The van der Waals surface area contributed by atoms with E-state index in [4.69, 9.17) is 4.42 Å². The molecule has 4 rings (SSSR count). The fourth-order valence-electron chi connectivity index (χ4n) is 3.95. The number of benzene rings is 2. The molecule has 1 atom stereocenters. The van der Waals surface area contributed by atoms with Crippen LogP contribution in [-0.4, -0.2) is 36.5 Å². The molecule has 0 aliphatic carbocycles. The highest BCUT2D eigenvalue weighted by molar-refractivity contribution is 5.94. The van der Waals surface area contributed by atoms with Gasteiger partial charge >= 0.3 is 6.03 Å². The topological polar surface area (TPSA) is 74.6 Å². The molecule has 6 heteroatoms. The normalized spacial score (nSPS) is 16.0. The van der Waals surface area contributed by atoms with E-state index in [2.05, 4.69) is 10.6 Å². The number of carbonyl (C=O) groups is 2. The Labute approximate surface area is 182 Å². The molecule has 1 aliphatic rings. The van der Waals surface area contributed by atoms with Gasteiger partial charge in [-0.1, -0.05) is 30.3 Å². The number of rotatable bonds is 6. The molecule has 31 heavy (non-hydrogen) atoms. The number of nitrogens with zero attached hydrogens (tertiary/aromatic N) is 1. The maximum atomic E-state index is 12.7. The van der Waals surface area contributed by atoms with E-state index in [1.54, 1.807) is 6.26 Å². The number of hydrogen-bond acceptors (Lipinski definition) is 3. The molecule has 3 amide bonds. The van der Waals surface area contributed by atoms with Crippen molar-refractivity contribution in [3.05, 3.63) is 89.9 Å². The van der Waals surface area contributed by atoms with Crippen LogP contribution < -0.4 is 10.6 Å². The molecule has 3 aromatic rings. The van der Waals surface area contributed by atoms with Crippen LogP contribution in [0.2, 0.25) is 0 Å². The molecule has 0 unspecified atom stereocenters. The number of carbonyl (C=O) groups excluding carboxylic acids is 2. The minimum absolute atomic E-state index is 0.0808. The van der Waals surface area contributed by atoms with E-state index < -0.39 is 0 Å². The van der Waals surface area contributed by atoms with Crippen molar-refractivity contribution in [2.24, 2.45) is 0 Å². The van der Waals surface area contributed by atoms with Crippen molar-refractivity contribution in [3.63, 3.8) is 0 Å². The van der Waals surface area contributed by atoms with Crippen molar-refractivity contribution in [2.75, 3.05) is 25.0 Å². The lowest BCUT2D eigenvalue weighted by Crippen LogP contribution is -2.41. The van der Waals surface area contributed by atoms with E-state index in [9.17, 15) is 9.59 Å². The molecule has 0 radical (unpaired) electrons. The molecule has 6 nitrogen and oxygen atoms in total. The molecular weight excluding hydrogens is 390 g/mol. The summed E-state index contributed by atoms with van der Waals surface area (Å²) in [5.41, 5.74) is 2.53. The molecule has 2 aromatic carbocycles. The van der Waals surface area contributed by atoms with Gasteiger partial charge in [-0.25, -0.2) is 4.79 Å². The average Bonchev–Trinajstić information content (AvgIpc) is 3.33. The number of amides is 3. The van der Waals surface area contributed by atoms with Crippen LogP contribution in [0, 0.1) is 0 Å². The summed E-state index contributed by atoms with van der Waals surface area (Å²) in [6.45, 7) is 1.90. The second kappa shape index (κ2) is 9.98. The van der Waals surface area contributed by atoms with Crippen LogP contribution in [0.25, 0.3) is 0 Å². The maximum absolute atomic E-state index is 12.7. The van der Waals surface area contributed by atoms with Gasteiger partial charge in [0.25, 0.3) is 5.91 Å². The Bertz CT molecular complexity index is 1000. The molecule has 0 bridgehead atoms. The number of para-hydroxylation sites is 1. The molecule has 1 aliphatic heterocycles. The number of furan rings is 1. The van der Waals surface area contributed by atoms with Crippen molar-refractivity contribution in [2.45, 2.75) is 25.2 Å². The highest BCUT2D eigenvalue weighted by Gasteiger charge is 2.25. The first-order valence-electron chi connectivity index (χ1n) is 10.7. The number of nitrogens with one attached hydrogen (secondary N) is 2. The van der Waals surface area contributed by atoms with Gasteiger partial charge in [0.1, 0.15) is 5.76 Å². The van der Waals surface area contributed by atoms with Crippen LogP contribution in [0.3, 0.4) is 0 Å². The summed E-state index contributed by atoms with van der Waals surface area (Å²) in [5.74, 6) is 0.971. The summed E-state index contributed by atoms with van der Waals surface area (Å²) >= 11 is 0. The number of likely N-dealkylation sites (tertiary alicyclic amines) is 1. The van der Waals surface area contributed by atoms with Gasteiger partial charge in [0.2, 0.25) is 0 Å². The monoisotopic (exact) mass is 417 g/mol. The lowest BCUT2D eigenvalue weighted by molar-refractivity contribution is 0.0953. The van der Waals surface area contributed by atoms with E-state index in [0.29, 0.717) is 25.1 Å². The van der Waals surface area contributed by atoms with Crippen molar-refractivity contribution in [1.82, 2.24) is 10.2 Å². The Hall–Kier alpha value is -3.54. The first-order chi connectivity index (χ1) is 15.2. The summed E-state index contributed by atoms with van der Waals surface area (Å²) < 4.78 is 5.30. The molecule has 0 saturated carbocycles. The largest absolute Gasteiger partial charge is 0.469 e. The lowest BCUT2D eigenvalue weighted by Gasteiger charge is -2.33. The molecule has 1 aromatic heterocycles. The lowest BCUT2D eigenvalue weighted by atomic mass is 9.89. The molecular formula is C25H27N3O3. The van der Waals surface area contributed by atoms with Crippen LogP contribution >= 0.6 is 0 Å². The predicted octanol–water partition coefficient (Wildman–Crippen LogP) is 4.66. The van der Waals surface area contributed by atoms with E-state index >= 15 is 0 Å². The van der Waals surface area contributed by atoms with Crippen molar-refractivity contribution < 1.29 is 14.0 Å². The van der Waals surface area contributed by atoms with Crippen LogP contribution in [-0.2, 0) is 6.42 Å². The minimum Gasteiger partial charge on any atom is -0.469 e. The SMILES string of the molecule is O=C(NCCc1ccco1)c1cccc([C@H]2CCCN(C(=O)Nc3ccccc3)C2)c1. The van der Waals surface area contributed by atoms with E-state index in [1.165, 1.54) is 0 Å². The number of piperidine rings is 1. The molecule has 1 fully saturated rings. The third-order valence-corrected chi connectivity index (χ3v) is 5.59. The van der Waals surface area contributed by atoms with Crippen LogP contribution in [0.4, 0.5) is 10.5 Å². The molecule has 1 saturated heterocycles. The Kier molecular flexibility index (Phi) is 6.67. The second-order valence-electron chi connectivity index (χ2n) is 7.79. The van der Waals surface area contributed by atoms with Crippen LogP contribution in [0.5, 0.6) is 0 Å². The minimum atomic E-state index is -0.0945. The third kappa shape index (κ3) is 5.54. The summed E-state index contributed by atoms with van der Waals surface area (Å²) in [5, 5.41) is 5.91. The smallest absolute Gasteiger partial charge is 0.321 e. The van der Waals surface area contributed by atoms with Crippen molar-refractivity contribution >= 4 is 17.6 Å². The van der Waals surface area contributed by atoms with Crippen molar-refractivity contribution in [1.29, 1.82) is 0 Å². The average molecular weight is 418 g/mol. The van der Waals surface area contributed by atoms with E-state index in [-0.39, 0.29) is 17.9 Å². The highest BCUT2D eigenvalue weighted by Crippen LogP contribution is 2.28. The fraction of sp³-hybridized carbons (Fsp3) is 0.280. The highest BCUT2D eigenvalue weighted by atomic mass is 16.3. The summed E-state index contributed by atoms with van der Waals surface area (Å²) in [6.07, 6.45) is 4.23. The van der Waals surface area contributed by atoms with Gasteiger partial charge in [-0.05, 0) is 54.8 Å². The number of urea groups is 1. The quantitative estimate of drug-likeness (QED) is 0.612. The summed E-state index contributed by atoms with van der Waals surface area (Å²) in [7, 11) is 0.